The highest BCUT2D eigenvalue weighted by Crippen LogP contribution is 2.23. The SMILES string of the molecule is O=C(NCCO)c1cn2c3c(cccc3c1=O)CCC2. The lowest BCUT2D eigenvalue weighted by Gasteiger charge is -2.20. The van der Waals surface area contributed by atoms with Gasteiger partial charge in [-0.15, -0.1) is 0 Å². The number of carbonyl (C=O) groups excluding carboxylic acids is 1. The van der Waals surface area contributed by atoms with Gasteiger partial charge >= 0.3 is 0 Å². The molecule has 1 aliphatic rings. The molecule has 0 saturated heterocycles. The van der Waals surface area contributed by atoms with Crippen molar-refractivity contribution in [1.29, 1.82) is 0 Å². The van der Waals surface area contributed by atoms with Crippen LogP contribution in [0.3, 0.4) is 0 Å². The third-order valence-corrected chi connectivity index (χ3v) is 3.67. The number of pyridine rings is 1. The Morgan fingerprint density at radius 2 is 2.25 bits per heavy atom. The maximum Gasteiger partial charge on any atom is 0.256 e. The predicted octanol–water partition coefficient (Wildman–Crippen LogP) is 0.670. The first-order valence-electron chi connectivity index (χ1n) is 6.76. The molecule has 0 radical (unpaired) electrons. The minimum Gasteiger partial charge on any atom is -0.395 e. The molecule has 0 bridgehead atoms. The number of aryl methyl sites for hydroxylation is 2. The minimum absolute atomic E-state index is 0.141. The number of aliphatic hydroxyl groups is 1. The number of nitrogens with zero attached hydrogens (tertiary/aromatic N) is 1. The minimum atomic E-state index is -0.425. The van der Waals surface area contributed by atoms with E-state index < -0.39 is 5.91 Å². The van der Waals surface area contributed by atoms with Crippen molar-refractivity contribution in [3.8, 4) is 0 Å². The fourth-order valence-electron chi connectivity index (χ4n) is 2.78. The van der Waals surface area contributed by atoms with Crippen molar-refractivity contribution in [2.75, 3.05) is 13.2 Å². The third-order valence-electron chi connectivity index (χ3n) is 3.67. The number of hydrogen-bond donors (Lipinski definition) is 2. The highest BCUT2D eigenvalue weighted by Gasteiger charge is 2.18. The average Bonchev–Trinajstić information content (AvgIpc) is 2.48. The van der Waals surface area contributed by atoms with Crippen LogP contribution < -0.4 is 10.7 Å². The summed E-state index contributed by atoms with van der Waals surface area (Å²) in [5.41, 5.74) is 2.01. The summed E-state index contributed by atoms with van der Waals surface area (Å²) in [6.45, 7) is 0.822. The van der Waals surface area contributed by atoms with E-state index in [1.165, 1.54) is 0 Å². The molecule has 1 aromatic carbocycles. The van der Waals surface area contributed by atoms with Crippen LogP contribution in [-0.2, 0) is 13.0 Å². The second-order valence-electron chi connectivity index (χ2n) is 4.96. The fourth-order valence-corrected chi connectivity index (χ4v) is 2.78. The number of hydrogen-bond acceptors (Lipinski definition) is 3. The second kappa shape index (κ2) is 5.09. The number of benzene rings is 1. The lowest BCUT2D eigenvalue weighted by atomic mass is 10.00. The van der Waals surface area contributed by atoms with E-state index in [-0.39, 0.29) is 24.1 Å². The molecular weight excluding hydrogens is 256 g/mol. The van der Waals surface area contributed by atoms with Gasteiger partial charge in [-0.3, -0.25) is 9.59 Å². The summed E-state index contributed by atoms with van der Waals surface area (Å²) in [7, 11) is 0. The van der Waals surface area contributed by atoms with Crippen LogP contribution in [0, 0.1) is 0 Å². The summed E-state index contributed by atoms with van der Waals surface area (Å²) < 4.78 is 1.99. The normalized spacial score (nSPS) is 13.4. The molecule has 5 heteroatoms. The van der Waals surface area contributed by atoms with E-state index >= 15 is 0 Å². The summed E-state index contributed by atoms with van der Waals surface area (Å²) in [5.74, 6) is -0.425. The Morgan fingerprint density at radius 1 is 1.40 bits per heavy atom. The molecule has 3 rings (SSSR count). The molecule has 0 unspecified atom stereocenters. The van der Waals surface area contributed by atoms with Crippen LogP contribution in [0.15, 0.2) is 29.2 Å². The van der Waals surface area contributed by atoms with Crippen LogP contribution in [0.25, 0.3) is 10.9 Å². The van der Waals surface area contributed by atoms with Gasteiger partial charge in [0.1, 0.15) is 5.56 Å². The summed E-state index contributed by atoms with van der Waals surface area (Å²) in [5, 5.41) is 11.9. The number of para-hydroxylation sites is 1. The molecule has 104 valence electrons. The summed E-state index contributed by atoms with van der Waals surface area (Å²) >= 11 is 0. The summed E-state index contributed by atoms with van der Waals surface area (Å²) in [6, 6.07) is 5.67. The van der Waals surface area contributed by atoms with Crippen molar-refractivity contribution in [3.63, 3.8) is 0 Å². The standard InChI is InChI=1S/C15H16N2O3/c18-8-6-16-15(20)12-9-17-7-2-4-10-3-1-5-11(13(10)17)14(12)19/h1,3,5,9,18H,2,4,6-8H2,(H,16,20). The lowest BCUT2D eigenvalue weighted by molar-refractivity contribution is 0.0943. The van der Waals surface area contributed by atoms with Crippen molar-refractivity contribution < 1.29 is 9.90 Å². The predicted molar refractivity (Wildman–Crippen MR) is 75.9 cm³/mol. The Hall–Kier alpha value is -2.14. The molecule has 2 N–H and O–H groups in total. The van der Waals surface area contributed by atoms with E-state index in [1.807, 2.05) is 16.7 Å². The van der Waals surface area contributed by atoms with Crippen molar-refractivity contribution in [3.05, 3.63) is 45.7 Å². The first-order valence-corrected chi connectivity index (χ1v) is 6.76. The van der Waals surface area contributed by atoms with Crippen LogP contribution in [0.4, 0.5) is 0 Å². The van der Waals surface area contributed by atoms with Crippen LogP contribution in [0.2, 0.25) is 0 Å². The first kappa shape index (κ1) is 12.9. The van der Waals surface area contributed by atoms with Gasteiger partial charge in [0.2, 0.25) is 5.43 Å². The van der Waals surface area contributed by atoms with E-state index in [0.717, 1.165) is 30.5 Å². The van der Waals surface area contributed by atoms with Crippen LogP contribution in [-0.4, -0.2) is 28.7 Å². The maximum absolute atomic E-state index is 12.4. The van der Waals surface area contributed by atoms with Gasteiger partial charge in [-0.05, 0) is 24.5 Å². The molecule has 0 atom stereocenters. The van der Waals surface area contributed by atoms with E-state index in [1.54, 1.807) is 12.3 Å². The zero-order valence-electron chi connectivity index (χ0n) is 11.1. The smallest absolute Gasteiger partial charge is 0.256 e. The van der Waals surface area contributed by atoms with Gasteiger partial charge in [0.25, 0.3) is 5.91 Å². The van der Waals surface area contributed by atoms with Gasteiger partial charge in [-0.1, -0.05) is 12.1 Å². The van der Waals surface area contributed by atoms with Crippen molar-refractivity contribution in [2.45, 2.75) is 19.4 Å². The number of amides is 1. The quantitative estimate of drug-likeness (QED) is 0.862. The Morgan fingerprint density at radius 3 is 3.05 bits per heavy atom. The van der Waals surface area contributed by atoms with Gasteiger partial charge in [0, 0.05) is 24.7 Å². The molecule has 1 amide bonds. The van der Waals surface area contributed by atoms with Crippen molar-refractivity contribution >= 4 is 16.8 Å². The van der Waals surface area contributed by atoms with Gasteiger partial charge in [0.15, 0.2) is 0 Å². The van der Waals surface area contributed by atoms with E-state index in [9.17, 15) is 9.59 Å². The topological polar surface area (TPSA) is 71.3 Å². The molecular formula is C15H16N2O3. The molecule has 2 aromatic rings. The number of rotatable bonds is 3. The monoisotopic (exact) mass is 272 g/mol. The Bertz CT molecular complexity index is 734. The maximum atomic E-state index is 12.4. The van der Waals surface area contributed by atoms with E-state index in [4.69, 9.17) is 5.11 Å². The highest BCUT2D eigenvalue weighted by molar-refractivity contribution is 5.97. The first-order chi connectivity index (χ1) is 9.72. The molecule has 0 aliphatic carbocycles. The molecule has 1 aromatic heterocycles. The lowest BCUT2D eigenvalue weighted by Crippen LogP contribution is -2.32. The van der Waals surface area contributed by atoms with Crippen molar-refractivity contribution in [1.82, 2.24) is 9.88 Å². The summed E-state index contributed by atoms with van der Waals surface area (Å²) in [4.78, 5) is 24.4. The van der Waals surface area contributed by atoms with Crippen LogP contribution in [0.5, 0.6) is 0 Å². The molecule has 2 heterocycles. The van der Waals surface area contributed by atoms with Gasteiger partial charge < -0.3 is 15.0 Å². The Balaban J connectivity index is 2.19. The molecule has 1 aliphatic heterocycles. The van der Waals surface area contributed by atoms with Crippen LogP contribution >= 0.6 is 0 Å². The van der Waals surface area contributed by atoms with Crippen LogP contribution in [0.1, 0.15) is 22.3 Å². The molecule has 5 nitrogen and oxygen atoms in total. The fraction of sp³-hybridized carbons (Fsp3) is 0.333. The number of nitrogens with one attached hydrogen (secondary N) is 1. The van der Waals surface area contributed by atoms with Crippen molar-refractivity contribution in [2.24, 2.45) is 0 Å². The average molecular weight is 272 g/mol. The third kappa shape index (κ3) is 2.00. The number of aromatic nitrogens is 1. The molecule has 20 heavy (non-hydrogen) atoms. The van der Waals surface area contributed by atoms with Gasteiger partial charge in [0.05, 0.1) is 12.1 Å². The Labute approximate surface area is 115 Å². The zero-order chi connectivity index (χ0) is 14.1. The van der Waals surface area contributed by atoms with Gasteiger partial charge in [-0.25, -0.2) is 0 Å². The number of carbonyl (C=O) groups is 1. The van der Waals surface area contributed by atoms with Gasteiger partial charge in [-0.2, -0.15) is 0 Å². The second-order valence-corrected chi connectivity index (χ2v) is 4.96. The Kier molecular flexibility index (Phi) is 3.28. The molecule has 0 saturated carbocycles. The van der Waals surface area contributed by atoms with E-state index in [2.05, 4.69) is 5.32 Å². The van der Waals surface area contributed by atoms with E-state index in [0.29, 0.717) is 5.39 Å². The number of aliphatic hydroxyl groups excluding tert-OH is 1. The largest absolute Gasteiger partial charge is 0.395 e. The molecule has 0 spiro atoms. The zero-order valence-corrected chi connectivity index (χ0v) is 11.1. The summed E-state index contributed by atoms with van der Waals surface area (Å²) in [6.07, 6.45) is 3.61. The highest BCUT2D eigenvalue weighted by atomic mass is 16.3. The molecule has 0 fully saturated rings.